The second kappa shape index (κ2) is 10.5. The van der Waals surface area contributed by atoms with Crippen molar-refractivity contribution in [1.29, 1.82) is 0 Å². The van der Waals surface area contributed by atoms with E-state index in [2.05, 4.69) is 69.3 Å². The van der Waals surface area contributed by atoms with Gasteiger partial charge in [0, 0.05) is 13.0 Å². The van der Waals surface area contributed by atoms with Crippen LogP contribution in [0.15, 0.2) is 72.6 Å². The van der Waals surface area contributed by atoms with Gasteiger partial charge in [0.25, 0.3) is 8.32 Å². The van der Waals surface area contributed by atoms with Gasteiger partial charge in [0.1, 0.15) is 6.29 Å². The molecule has 0 saturated heterocycles. The molecule has 2 aromatic rings. The van der Waals surface area contributed by atoms with E-state index in [9.17, 15) is 9.18 Å². The Labute approximate surface area is 169 Å². The first-order valence-electron chi connectivity index (χ1n) is 9.95. The zero-order chi connectivity index (χ0) is 20.5. The fraction of sp³-hybridized carbons (Fsp3) is 0.375. The Morgan fingerprint density at radius 3 is 1.96 bits per heavy atom. The van der Waals surface area contributed by atoms with Crippen molar-refractivity contribution in [3.05, 3.63) is 72.6 Å². The molecule has 0 fully saturated rings. The molecule has 0 unspecified atom stereocenters. The van der Waals surface area contributed by atoms with Crippen molar-refractivity contribution in [2.45, 2.75) is 51.5 Å². The number of benzene rings is 2. The number of rotatable bonds is 10. The third-order valence-electron chi connectivity index (χ3n) is 4.98. The molecule has 0 amide bonds. The summed E-state index contributed by atoms with van der Waals surface area (Å²) in [7, 11) is -2.50. The van der Waals surface area contributed by atoms with Gasteiger partial charge >= 0.3 is 0 Å². The Morgan fingerprint density at radius 1 is 0.964 bits per heavy atom. The van der Waals surface area contributed by atoms with Crippen LogP contribution in [0.2, 0.25) is 5.04 Å². The highest BCUT2D eigenvalue weighted by Gasteiger charge is 2.49. The van der Waals surface area contributed by atoms with Gasteiger partial charge in [-0.25, -0.2) is 4.39 Å². The van der Waals surface area contributed by atoms with Crippen LogP contribution in [0.1, 0.15) is 46.5 Å². The maximum atomic E-state index is 13.6. The number of carbonyl (C=O) groups is 1. The average Bonchev–Trinajstić information content (AvgIpc) is 2.69. The van der Waals surface area contributed by atoms with Gasteiger partial charge in [0.05, 0.1) is 5.83 Å². The molecule has 0 aliphatic carbocycles. The zero-order valence-electron chi connectivity index (χ0n) is 17.2. The molecule has 150 valence electrons. The lowest BCUT2D eigenvalue weighted by Gasteiger charge is -2.43. The van der Waals surface area contributed by atoms with Crippen LogP contribution in [-0.2, 0) is 9.22 Å². The van der Waals surface area contributed by atoms with Crippen molar-refractivity contribution < 1.29 is 13.6 Å². The normalized spacial score (nSPS) is 12.8. The van der Waals surface area contributed by atoms with E-state index in [4.69, 9.17) is 4.43 Å². The highest BCUT2D eigenvalue weighted by Crippen LogP contribution is 2.36. The fourth-order valence-corrected chi connectivity index (χ4v) is 8.27. The molecule has 0 heterocycles. The Morgan fingerprint density at radius 2 is 1.50 bits per heavy atom. The van der Waals surface area contributed by atoms with Crippen LogP contribution in [0.4, 0.5) is 4.39 Å². The second-order valence-corrected chi connectivity index (χ2v) is 12.3. The van der Waals surface area contributed by atoms with Crippen molar-refractivity contribution in [2.75, 3.05) is 6.61 Å². The molecule has 0 aliphatic heterocycles. The minimum Gasteiger partial charge on any atom is -0.407 e. The molecule has 28 heavy (non-hydrogen) atoms. The minimum atomic E-state index is -2.50. The molecular weight excluding hydrogens is 367 g/mol. The molecule has 2 nitrogen and oxygen atoms in total. The highest BCUT2D eigenvalue weighted by molar-refractivity contribution is 6.99. The van der Waals surface area contributed by atoms with Gasteiger partial charge in [-0.15, -0.1) is 0 Å². The van der Waals surface area contributed by atoms with E-state index in [0.717, 1.165) is 6.42 Å². The molecule has 0 aromatic heterocycles. The second-order valence-electron chi connectivity index (χ2n) is 8.02. The number of allylic oxidation sites excluding steroid dienone is 2. The van der Waals surface area contributed by atoms with Crippen LogP contribution in [0.25, 0.3) is 0 Å². The van der Waals surface area contributed by atoms with Crippen LogP contribution in [0, 0.1) is 0 Å². The topological polar surface area (TPSA) is 26.3 Å². The van der Waals surface area contributed by atoms with Crippen molar-refractivity contribution in [3.8, 4) is 0 Å². The van der Waals surface area contributed by atoms with Gasteiger partial charge in [-0.05, 0) is 40.8 Å². The van der Waals surface area contributed by atoms with Crippen LogP contribution >= 0.6 is 0 Å². The van der Waals surface area contributed by atoms with Gasteiger partial charge in [-0.2, -0.15) is 0 Å². The van der Waals surface area contributed by atoms with Gasteiger partial charge in [0.15, 0.2) is 0 Å². The molecular formula is C24H31FO2Si. The lowest BCUT2D eigenvalue weighted by molar-refractivity contribution is -0.107. The van der Waals surface area contributed by atoms with E-state index < -0.39 is 8.32 Å². The number of unbranched alkanes of at least 4 members (excludes halogenated alkanes) is 1. The summed E-state index contributed by atoms with van der Waals surface area (Å²) in [4.78, 5) is 10.3. The van der Waals surface area contributed by atoms with Crippen molar-refractivity contribution >= 4 is 25.0 Å². The van der Waals surface area contributed by atoms with Gasteiger partial charge in [-0.1, -0.05) is 81.4 Å². The largest absolute Gasteiger partial charge is 0.407 e. The zero-order valence-corrected chi connectivity index (χ0v) is 18.2. The summed E-state index contributed by atoms with van der Waals surface area (Å²) in [5.41, 5.74) is 0. The number of carbonyl (C=O) groups excluding carboxylic acids is 1. The summed E-state index contributed by atoms with van der Waals surface area (Å²) in [6.45, 7) is 7.34. The molecule has 2 aromatic carbocycles. The van der Waals surface area contributed by atoms with Crippen LogP contribution in [0.3, 0.4) is 0 Å². The van der Waals surface area contributed by atoms with Crippen LogP contribution < -0.4 is 10.4 Å². The first-order valence-corrected chi connectivity index (χ1v) is 11.9. The molecule has 2 rings (SSSR count). The summed E-state index contributed by atoms with van der Waals surface area (Å²) in [5.74, 6) is -0.211. The van der Waals surface area contributed by atoms with Crippen molar-refractivity contribution in [2.24, 2.45) is 0 Å². The molecule has 0 radical (unpaired) electrons. The molecule has 0 bridgehead atoms. The van der Waals surface area contributed by atoms with Gasteiger partial charge in [0.2, 0.25) is 0 Å². The monoisotopic (exact) mass is 398 g/mol. The van der Waals surface area contributed by atoms with E-state index in [-0.39, 0.29) is 17.3 Å². The van der Waals surface area contributed by atoms with Gasteiger partial charge in [-0.3, -0.25) is 0 Å². The maximum absolute atomic E-state index is 13.6. The number of aldehydes is 1. The lowest BCUT2D eigenvalue weighted by atomic mass is 10.2. The SMILES string of the molecule is CC(C)(C)[Si](OCCCCC(F)=CCC=O)(c1ccccc1)c1ccccc1. The Kier molecular flexibility index (Phi) is 8.33. The molecule has 4 heteroatoms. The van der Waals surface area contributed by atoms with Crippen molar-refractivity contribution in [1.82, 2.24) is 0 Å². The first-order chi connectivity index (χ1) is 13.4. The lowest BCUT2D eigenvalue weighted by Crippen LogP contribution is -2.66. The fourth-order valence-electron chi connectivity index (χ4n) is 3.66. The minimum absolute atomic E-state index is 0.0508. The van der Waals surface area contributed by atoms with E-state index in [1.54, 1.807) is 0 Å². The van der Waals surface area contributed by atoms with Crippen LogP contribution in [-0.4, -0.2) is 21.2 Å². The highest BCUT2D eigenvalue weighted by atomic mass is 28.4. The number of hydrogen-bond acceptors (Lipinski definition) is 2. The molecule has 0 aliphatic rings. The van der Waals surface area contributed by atoms with Crippen molar-refractivity contribution in [3.63, 3.8) is 0 Å². The van der Waals surface area contributed by atoms with E-state index in [1.165, 1.54) is 16.4 Å². The molecule has 0 atom stereocenters. The predicted molar refractivity (Wildman–Crippen MR) is 117 cm³/mol. The van der Waals surface area contributed by atoms with E-state index in [1.807, 2.05) is 12.1 Å². The maximum Gasteiger partial charge on any atom is 0.261 e. The van der Waals surface area contributed by atoms with E-state index in [0.29, 0.717) is 25.7 Å². The van der Waals surface area contributed by atoms with Gasteiger partial charge < -0.3 is 9.22 Å². The number of hydrogen-bond donors (Lipinski definition) is 0. The molecule has 0 spiro atoms. The first kappa shape index (κ1) is 22.2. The summed E-state index contributed by atoms with van der Waals surface area (Å²) in [6, 6.07) is 21.0. The third-order valence-corrected chi connectivity index (χ3v) is 10.0. The quantitative estimate of drug-likeness (QED) is 0.313. The average molecular weight is 399 g/mol. The number of halogens is 1. The standard InChI is InChI=1S/C24H31FO2Si/c1-24(2,3)28(22-15-6-4-7-16-22,23-17-8-5-9-18-23)27-20-11-10-13-21(25)14-12-19-26/h4-9,14-19H,10-13,20H2,1-3H3. The molecule has 0 N–H and O–H groups in total. The predicted octanol–water partition coefficient (Wildman–Crippen LogP) is 5.18. The van der Waals surface area contributed by atoms with E-state index >= 15 is 0 Å². The summed E-state index contributed by atoms with van der Waals surface area (Å²) < 4.78 is 20.4. The third kappa shape index (κ3) is 5.49. The summed E-state index contributed by atoms with van der Waals surface area (Å²) in [6.07, 6.45) is 4.07. The Hall–Kier alpha value is -2.04. The molecule has 0 saturated carbocycles. The Bertz CT molecular complexity index is 712. The smallest absolute Gasteiger partial charge is 0.261 e. The summed E-state index contributed by atoms with van der Waals surface area (Å²) >= 11 is 0. The summed E-state index contributed by atoms with van der Waals surface area (Å²) in [5, 5.41) is 2.46. The van der Waals surface area contributed by atoms with Crippen LogP contribution in [0.5, 0.6) is 0 Å². The Balaban J connectivity index is 2.21.